The molecule has 2 N–H and O–H groups in total. The van der Waals surface area contributed by atoms with E-state index in [1.165, 1.54) is 9.75 Å². The minimum atomic E-state index is 0.168. The Labute approximate surface area is 135 Å². The van der Waals surface area contributed by atoms with Crippen LogP contribution in [0.3, 0.4) is 0 Å². The number of guanidine groups is 1. The first kappa shape index (κ1) is 13.9. The summed E-state index contributed by atoms with van der Waals surface area (Å²) in [5.41, 5.74) is 7.06. The molecule has 0 amide bonds. The molecule has 0 aliphatic carbocycles. The zero-order valence-corrected chi connectivity index (χ0v) is 14.0. The van der Waals surface area contributed by atoms with Crippen LogP contribution >= 0.6 is 38.9 Å². The zero-order valence-electron chi connectivity index (χ0n) is 10.8. The summed E-state index contributed by atoms with van der Waals surface area (Å²) in [5.74, 6) is 0.551. The summed E-state index contributed by atoms with van der Waals surface area (Å²) in [6, 6.07) is 10.3. The molecule has 3 rings (SSSR count). The molecule has 0 bridgehead atoms. The van der Waals surface area contributed by atoms with E-state index in [0.29, 0.717) is 17.5 Å². The van der Waals surface area contributed by atoms with E-state index in [4.69, 9.17) is 17.3 Å². The number of hydrogen-bond donors (Lipinski definition) is 1. The third-order valence-electron chi connectivity index (χ3n) is 3.26. The normalized spacial score (nSPS) is 18.4. The predicted molar refractivity (Wildman–Crippen MR) is 89.9 cm³/mol. The fourth-order valence-corrected chi connectivity index (χ4v) is 3.74. The molecule has 1 atom stereocenters. The van der Waals surface area contributed by atoms with Crippen molar-refractivity contribution in [3.63, 3.8) is 0 Å². The first-order chi connectivity index (χ1) is 9.56. The second-order valence-electron chi connectivity index (χ2n) is 4.63. The van der Waals surface area contributed by atoms with Gasteiger partial charge in [0.15, 0.2) is 5.96 Å². The molecule has 0 saturated carbocycles. The number of halogens is 2. The van der Waals surface area contributed by atoms with Gasteiger partial charge in [0.1, 0.15) is 0 Å². The first-order valence-electron chi connectivity index (χ1n) is 6.17. The molecule has 2 heterocycles. The molecule has 6 heteroatoms. The molecule has 3 nitrogen and oxygen atoms in total. The lowest BCUT2D eigenvalue weighted by molar-refractivity contribution is 0.784. The van der Waals surface area contributed by atoms with Gasteiger partial charge in [0.25, 0.3) is 0 Å². The topological polar surface area (TPSA) is 41.6 Å². The van der Waals surface area contributed by atoms with E-state index in [9.17, 15) is 0 Å². The van der Waals surface area contributed by atoms with E-state index < -0.39 is 0 Å². The monoisotopic (exact) mass is 369 g/mol. The Balaban J connectivity index is 1.99. The molecule has 104 valence electrons. The summed E-state index contributed by atoms with van der Waals surface area (Å²) < 4.78 is 0.859. The SMILES string of the molecule is Cc1ccc(C2CN=C(N)N2c2ccc(Cl)c(Br)c2)s1. The van der Waals surface area contributed by atoms with Crippen molar-refractivity contribution in [3.05, 3.63) is 49.6 Å². The van der Waals surface area contributed by atoms with E-state index >= 15 is 0 Å². The molecule has 0 spiro atoms. The summed E-state index contributed by atoms with van der Waals surface area (Å²) >= 11 is 11.3. The van der Waals surface area contributed by atoms with E-state index in [0.717, 1.165) is 10.2 Å². The molecule has 1 aromatic heterocycles. The summed E-state index contributed by atoms with van der Waals surface area (Å²) in [6.45, 7) is 2.79. The molecular formula is C14H13BrClN3S. The molecule has 1 unspecified atom stereocenters. The number of aryl methyl sites for hydroxylation is 1. The Bertz CT molecular complexity index is 683. The second-order valence-corrected chi connectivity index (χ2v) is 7.21. The zero-order chi connectivity index (χ0) is 14.3. The Morgan fingerprint density at radius 1 is 1.40 bits per heavy atom. The van der Waals surface area contributed by atoms with Crippen LogP contribution in [0.25, 0.3) is 0 Å². The smallest absolute Gasteiger partial charge is 0.196 e. The number of benzene rings is 1. The fourth-order valence-electron chi connectivity index (χ4n) is 2.29. The first-order valence-corrected chi connectivity index (χ1v) is 8.15. The maximum Gasteiger partial charge on any atom is 0.196 e. The van der Waals surface area contributed by atoms with Crippen molar-refractivity contribution in [2.75, 3.05) is 11.4 Å². The van der Waals surface area contributed by atoms with Gasteiger partial charge in [-0.05, 0) is 53.2 Å². The van der Waals surface area contributed by atoms with Crippen molar-refractivity contribution in [1.82, 2.24) is 0 Å². The highest BCUT2D eigenvalue weighted by molar-refractivity contribution is 9.10. The summed E-state index contributed by atoms with van der Waals surface area (Å²) in [5, 5.41) is 0.687. The van der Waals surface area contributed by atoms with Gasteiger partial charge in [-0.25, -0.2) is 0 Å². The lowest BCUT2D eigenvalue weighted by Crippen LogP contribution is -2.35. The second kappa shape index (κ2) is 5.39. The van der Waals surface area contributed by atoms with Crippen molar-refractivity contribution in [2.24, 2.45) is 10.7 Å². The predicted octanol–water partition coefficient (Wildman–Crippen LogP) is 4.35. The Kier molecular flexibility index (Phi) is 3.75. The highest BCUT2D eigenvalue weighted by Crippen LogP contribution is 2.36. The lowest BCUT2D eigenvalue weighted by Gasteiger charge is -2.26. The maximum absolute atomic E-state index is 6.07. The van der Waals surface area contributed by atoms with E-state index in [2.05, 4.69) is 44.9 Å². The number of thiophene rings is 1. The molecule has 2 aromatic rings. The number of hydrogen-bond acceptors (Lipinski definition) is 4. The van der Waals surface area contributed by atoms with Crippen LogP contribution in [0.4, 0.5) is 5.69 Å². The number of nitrogens with two attached hydrogens (primary N) is 1. The van der Waals surface area contributed by atoms with Gasteiger partial charge < -0.3 is 10.6 Å². The molecule has 20 heavy (non-hydrogen) atoms. The molecule has 1 aliphatic rings. The maximum atomic E-state index is 6.07. The van der Waals surface area contributed by atoms with Crippen LogP contribution in [0.2, 0.25) is 5.02 Å². The van der Waals surface area contributed by atoms with Crippen molar-refractivity contribution in [3.8, 4) is 0 Å². The Morgan fingerprint density at radius 2 is 2.20 bits per heavy atom. The average Bonchev–Trinajstić information content (AvgIpc) is 2.99. The van der Waals surface area contributed by atoms with Gasteiger partial charge in [0.2, 0.25) is 0 Å². The van der Waals surface area contributed by atoms with Crippen LogP contribution in [0.5, 0.6) is 0 Å². The molecule has 1 aromatic carbocycles. The van der Waals surface area contributed by atoms with Crippen molar-refractivity contribution in [1.29, 1.82) is 0 Å². The van der Waals surface area contributed by atoms with Crippen LogP contribution in [-0.2, 0) is 0 Å². The fraction of sp³-hybridized carbons (Fsp3) is 0.214. The quantitative estimate of drug-likeness (QED) is 0.854. The van der Waals surface area contributed by atoms with Gasteiger partial charge in [-0.15, -0.1) is 11.3 Å². The molecule has 0 fully saturated rings. The van der Waals surface area contributed by atoms with Crippen molar-refractivity contribution < 1.29 is 0 Å². The third kappa shape index (κ3) is 2.45. The third-order valence-corrected chi connectivity index (χ3v) is 5.57. The van der Waals surface area contributed by atoms with Crippen molar-refractivity contribution in [2.45, 2.75) is 13.0 Å². The number of nitrogens with zero attached hydrogens (tertiary/aromatic N) is 2. The molecule has 1 aliphatic heterocycles. The van der Waals surface area contributed by atoms with Crippen LogP contribution in [0.1, 0.15) is 15.8 Å². The molecular weight excluding hydrogens is 358 g/mol. The van der Waals surface area contributed by atoms with Crippen LogP contribution in [0.15, 0.2) is 39.8 Å². The average molecular weight is 371 g/mol. The number of anilines is 1. The van der Waals surface area contributed by atoms with Gasteiger partial charge in [0.05, 0.1) is 17.6 Å². The molecule has 0 radical (unpaired) electrons. The van der Waals surface area contributed by atoms with E-state index in [1.54, 1.807) is 11.3 Å². The number of rotatable bonds is 2. The van der Waals surface area contributed by atoms with E-state index in [-0.39, 0.29) is 6.04 Å². The van der Waals surface area contributed by atoms with Crippen LogP contribution in [0, 0.1) is 6.92 Å². The Morgan fingerprint density at radius 3 is 2.85 bits per heavy atom. The van der Waals surface area contributed by atoms with Gasteiger partial charge in [-0.3, -0.25) is 4.99 Å². The van der Waals surface area contributed by atoms with Gasteiger partial charge in [0, 0.05) is 19.9 Å². The minimum Gasteiger partial charge on any atom is -0.369 e. The molecule has 0 saturated heterocycles. The minimum absolute atomic E-state index is 0.168. The summed E-state index contributed by atoms with van der Waals surface area (Å²) in [7, 11) is 0. The van der Waals surface area contributed by atoms with Crippen LogP contribution in [-0.4, -0.2) is 12.5 Å². The largest absolute Gasteiger partial charge is 0.369 e. The standard InChI is InChI=1S/C14H13BrClN3S/c1-8-2-5-13(20-8)12-7-18-14(17)19(12)9-3-4-11(16)10(15)6-9/h2-6,12H,7H2,1H3,(H2,17,18). The summed E-state index contributed by atoms with van der Waals surface area (Å²) in [4.78, 5) is 9.02. The number of aliphatic imine (C=N–C) groups is 1. The van der Waals surface area contributed by atoms with E-state index in [1.807, 2.05) is 18.2 Å². The summed E-state index contributed by atoms with van der Waals surface area (Å²) in [6.07, 6.45) is 0. The van der Waals surface area contributed by atoms with Gasteiger partial charge in [-0.2, -0.15) is 0 Å². The van der Waals surface area contributed by atoms with Gasteiger partial charge >= 0.3 is 0 Å². The van der Waals surface area contributed by atoms with Crippen LogP contribution < -0.4 is 10.6 Å². The van der Waals surface area contributed by atoms with Crippen molar-refractivity contribution >= 4 is 50.5 Å². The van der Waals surface area contributed by atoms with Gasteiger partial charge in [-0.1, -0.05) is 11.6 Å². The Hall–Kier alpha value is -1.04. The highest BCUT2D eigenvalue weighted by Gasteiger charge is 2.30. The lowest BCUT2D eigenvalue weighted by atomic mass is 10.2. The highest BCUT2D eigenvalue weighted by atomic mass is 79.9.